The highest BCUT2D eigenvalue weighted by Crippen LogP contribution is 2.16. The van der Waals surface area contributed by atoms with Crippen molar-refractivity contribution in [3.8, 4) is 0 Å². The van der Waals surface area contributed by atoms with Gasteiger partial charge >= 0.3 is 0 Å². The van der Waals surface area contributed by atoms with Crippen molar-refractivity contribution >= 4 is 11.6 Å². The molecule has 0 spiro atoms. The zero-order valence-corrected chi connectivity index (χ0v) is 9.58. The van der Waals surface area contributed by atoms with Crippen molar-refractivity contribution in [2.24, 2.45) is 0 Å². The first-order chi connectivity index (χ1) is 7.27. The normalized spacial score (nSPS) is 10.3. The van der Waals surface area contributed by atoms with E-state index in [-0.39, 0.29) is 0 Å². The molecule has 1 aromatic rings. The molecule has 1 rings (SSSR count). The molecule has 0 unspecified atom stereocenters. The summed E-state index contributed by atoms with van der Waals surface area (Å²) in [5.74, 6) is 0. The first-order valence-corrected chi connectivity index (χ1v) is 5.33. The van der Waals surface area contributed by atoms with Crippen LogP contribution in [0, 0.1) is 0 Å². The lowest BCUT2D eigenvalue weighted by Gasteiger charge is -2.19. The molecule has 0 bridgehead atoms. The summed E-state index contributed by atoms with van der Waals surface area (Å²) in [4.78, 5) is 2.22. The molecule has 0 saturated carbocycles. The summed E-state index contributed by atoms with van der Waals surface area (Å²) in [5.41, 5.74) is 1.14. The van der Waals surface area contributed by atoms with Gasteiger partial charge in [-0.15, -0.1) is 13.2 Å². The maximum Gasteiger partial charge on any atom is 0.0451 e. The highest BCUT2D eigenvalue weighted by Gasteiger charge is 2.04. The van der Waals surface area contributed by atoms with Gasteiger partial charge < -0.3 is 0 Å². The third-order valence-corrected chi connectivity index (χ3v) is 2.50. The SMILES string of the molecule is C=CCN(CC=C)Cc1ccccc1Cl. The van der Waals surface area contributed by atoms with Crippen molar-refractivity contribution in [2.45, 2.75) is 6.54 Å². The van der Waals surface area contributed by atoms with E-state index in [1.165, 1.54) is 0 Å². The predicted molar refractivity (Wildman–Crippen MR) is 67.1 cm³/mol. The van der Waals surface area contributed by atoms with Crippen LogP contribution in [0.3, 0.4) is 0 Å². The minimum atomic E-state index is 0.815. The van der Waals surface area contributed by atoms with Crippen LogP contribution < -0.4 is 0 Å². The molecule has 1 aromatic carbocycles. The standard InChI is InChI=1S/C13H16ClN/c1-3-9-15(10-4-2)11-12-7-5-6-8-13(12)14/h3-8H,1-2,9-11H2. The lowest BCUT2D eigenvalue weighted by Crippen LogP contribution is -2.23. The lowest BCUT2D eigenvalue weighted by molar-refractivity contribution is 0.328. The van der Waals surface area contributed by atoms with Crippen molar-refractivity contribution in [3.63, 3.8) is 0 Å². The summed E-state index contributed by atoms with van der Waals surface area (Å²) in [7, 11) is 0. The minimum Gasteiger partial charge on any atom is -0.292 e. The molecular weight excluding hydrogens is 206 g/mol. The molecule has 0 aliphatic heterocycles. The fourth-order valence-corrected chi connectivity index (χ4v) is 1.63. The fourth-order valence-electron chi connectivity index (χ4n) is 1.44. The average molecular weight is 222 g/mol. The average Bonchev–Trinajstić information content (AvgIpc) is 2.22. The number of rotatable bonds is 6. The second-order valence-electron chi connectivity index (χ2n) is 3.36. The largest absolute Gasteiger partial charge is 0.292 e. The third-order valence-electron chi connectivity index (χ3n) is 2.13. The van der Waals surface area contributed by atoms with Gasteiger partial charge in [0.2, 0.25) is 0 Å². The third kappa shape index (κ3) is 3.90. The minimum absolute atomic E-state index is 0.815. The lowest BCUT2D eigenvalue weighted by atomic mass is 10.2. The van der Waals surface area contributed by atoms with Crippen molar-refractivity contribution in [3.05, 3.63) is 60.2 Å². The van der Waals surface area contributed by atoms with E-state index < -0.39 is 0 Å². The number of benzene rings is 1. The number of halogens is 1. The van der Waals surface area contributed by atoms with E-state index in [0.29, 0.717) is 0 Å². The van der Waals surface area contributed by atoms with E-state index in [1.807, 2.05) is 36.4 Å². The Balaban J connectivity index is 2.68. The number of hydrogen-bond acceptors (Lipinski definition) is 1. The Morgan fingerprint density at radius 1 is 1.13 bits per heavy atom. The van der Waals surface area contributed by atoms with Crippen LogP contribution in [0.2, 0.25) is 5.02 Å². The van der Waals surface area contributed by atoms with Crippen LogP contribution in [-0.4, -0.2) is 18.0 Å². The van der Waals surface area contributed by atoms with Crippen LogP contribution in [0.1, 0.15) is 5.56 Å². The van der Waals surface area contributed by atoms with Gasteiger partial charge in [0, 0.05) is 24.7 Å². The quantitative estimate of drug-likeness (QED) is 0.665. The van der Waals surface area contributed by atoms with Gasteiger partial charge in [0.1, 0.15) is 0 Å². The summed E-state index contributed by atoms with van der Waals surface area (Å²) >= 11 is 6.09. The van der Waals surface area contributed by atoms with Gasteiger partial charge in [-0.2, -0.15) is 0 Å². The Morgan fingerprint density at radius 3 is 2.27 bits per heavy atom. The van der Waals surface area contributed by atoms with Crippen molar-refractivity contribution in [1.82, 2.24) is 4.90 Å². The second-order valence-corrected chi connectivity index (χ2v) is 3.77. The molecule has 2 heteroatoms. The van der Waals surface area contributed by atoms with Crippen LogP contribution in [0.5, 0.6) is 0 Å². The van der Waals surface area contributed by atoms with Gasteiger partial charge in [-0.1, -0.05) is 42.0 Å². The summed E-state index contributed by atoms with van der Waals surface area (Å²) in [6, 6.07) is 7.90. The molecule has 0 saturated heterocycles. The predicted octanol–water partition coefficient (Wildman–Crippen LogP) is 3.51. The van der Waals surface area contributed by atoms with E-state index in [1.54, 1.807) is 0 Å². The molecule has 1 nitrogen and oxygen atoms in total. The highest BCUT2D eigenvalue weighted by molar-refractivity contribution is 6.31. The van der Waals surface area contributed by atoms with Crippen LogP contribution in [-0.2, 0) is 6.54 Å². The Morgan fingerprint density at radius 2 is 1.73 bits per heavy atom. The molecule has 0 aliphatic carbocycles. The van der Waals surface area contributed by atoms with Crippen molar-refractivity contribution in [1.29, 1.82) is 0 Å². The van der Waals surface area contributed by atoms with Gasteiger partial charge in [0.05, 0.1) is 0 Å². The fraction of sp³-hybridized carbons (Fsp3) is 0.231. The van der Waals surface area contributed by atoms with Gasteiger partial charge in [-0.3, -0.25) is 4.90 Å². The Kier molecular flexibility index (Phi) is 5.16. The van der Waals surface area contributed by atoms with E-state index in [9.17, 15) is 0 Å². The smallest absolute Gasteiger partial charge is 0.0451 e. The zero-order chi connectivity index (χ0) is 11.1. The zero-order valence-electron chi connectivity index (χ0n) is 8.82. The Hall–Kier alpha value is -1.05. The maximum absolute atomic E-state index is 6.09. The molecule has 0 heterocycles. The number of nitrogens with zero attached hydrogens (tertiary/aromatic N) is 1. The summed E-state index contributed by atoms with van der Waals surface area (Å²) in [6.07, 6.45) is 3.78. The van der Waals surface area contributed by atoms with Crippen LogP contribution in [0.4, 0.5) is 0 Å². The molecule has 0 aromatic heterocycles. The molecular formula is C13H16ClN. The molecule has 0 atom stereocenters. The van der Waals surface area contributed by atoms with E-state index in [0.717, 1.165) is 30.2 Å². The van der Waals surface area contributed by atoms with Crippen LogP contribution >= 0.6 is 11.6 Å². The topological polar surface area (TPSA) is 3.24 Å². The van der Waals surface area contributed by atoms with Gasteiger partial charge in [-0.05, 0) is 11.6 Å². The van der Waals surface area contributed by atoms with Crippen LogP contribution in [0.25, 0.3) is 0 Å². The second kappa shape index (κ2) is 6.44. The van der Waals surface area contributed by atoms with Crippen LogP contribution in [0.15, 0.2) is 49.6 Å². The van der Waals surface area contributed by atoms with Crippen molar-refractivity contribution in [2.75, 3.05) is 13.1 Å². The summed E-state index contributed by atoms with van der Waals surface area (Å²) in [5, 5.41) is 0.815. The van der Waals surface area contributed by atoms with E-state index >= 15 is 0 Å². The van der Waals surface area contributed by atoms with Gasteiger partial charge in [-0.25, -0.2) is 0 Å². The molecule has 80 valence electrons. The Bertz CT molecular complexity index is 323. The number of hydrogen-bond donors (Lipinski definition) is 0. The molecule has 0 fully saturated rings. The van der Waals surface area contributed by atoms with E-state index in [2.05, 4.69) is 18.1 Å². The van der Waals surface area contributed by atoms with Crippen molar-refractivity contribution < 1.29 is 0 Å². The molecule has 0 radical (unpaired) electrons. The Labute approximate surface area is 96.7 Å². The molecule has 0 N–H and O–H groups in total. The molecule has 15 heavy (non-hydrogen) atoms. The van der Waals surface area contributed by atoms with Gasteiger partial charge in [0.25, 0.3) is 0 Å². The molecule has 0 amide bonds. The van der Waals surface area contributed by atoms with E-state index in [4.69, 9.17) is 11.6 Å². The first-order valence-electron chi connectivity index (χ1n) is 4.95. The maximum atomic E-state index is 6.09. The monoisotopic (exact) mass is 221 g/mol. The first kappa shape index (κ1) is 12.0. The highest BCUT2D eigenvalue weighted by atomic mass is 35.5. The van der Waals surface area contributed by atoms with Gasteiger partial charge in [0.15, 0.2) is 0 Å². The molecule has 0 aliphatic rings. The summed E-state index contributed by atoms with van der Waals surface area (Å²) < 4.78 is 0. The summed E-state index contributed by atoms with van der Waals surface area (Å²) in [6.45, 7) is 10.00.